The van der Waals surface area contributed by atoms with Crippen LogP contribution >= 0.6 is 0 Å². The molecule has 4 aromatic carbocycles. The summed E-state index contributed by atoms with van der Waals surface area (Å²) in [6.45, 7) is 49.7. The minimum atomic E-state index is -2.07. The topological polar surface area (TPSA) is 132 Å². The summed E-state index contributed by atoms with van der Waals surface area (Å²) in [7, 11) is -8.27. The number of Topliss-reactive ketones (excluding diaryl/α,β-unsaturated/α-hetero) is 1. The third-order valence-electron chi connectivity index (χ3n) is 19.4. The minimum absolute atomic E-state index is 0.0547. The Balaban J connectivity index is 0.000000450. The number of benzene rings is 4. The van der Waals surface area contributed by atoms with E-state index in [1.165, 1.54) is 16.7 Å². The Morgan fingerprint density at radius 3 is 1.03 bits per heavy atom. The van der Waals surface area contributed by atoms with Crippen molar-refractivity contribution in [1.82, 2.24) is 10.6 Å². The minimum Gasteiger partial charge on any atom is -0.414 e. The van der Waals surface area contributed by atoms with E-state index in [1.54, 1.807) is 13.8 Å². The molecular formula is C72H120N2O8Si4. The van der Waals surface area contributed by atoms with Crippen molar-refractivity contribution in [1.29, 1.82) is 0 Å². The average Bonchev–Trinajstić information content (AvgIpc) is 1.23. The number of rotatable bonds is 32. The number of amides is 2. The van der Waals surface area contributed by atoms with Gasteiger partial charge in [-0.15, -0.1) is 0 Å². The molecule has 0 aliphatic carbocycles. The first kappa shape index (κ1) is 76.4. The van der Waals surface area contributed by atoms with Crippen LogP contribution in [-0.2, 0) is 53.0 Å². The Kier molecular flexibility index (Phi) is 29.1. The second kappa shape index (κ2) is 32.8. The summed E-state index contributed by atoms with van der Waals surface area (Å²) in [5.41, 5.74) is 5.42. The van der Waals surface area contributed by atoms with Crippen LogP contribution in [0.25, 0.3) is 0 Å². The van der Waals surface area contributed by atoms with Gasteiger partial charge in [-0.2, -0.15) is 0 Å². The van der Waals surface area contributed by atoms with Gasteiger partial charge in [0, 0.05) is 25.8 Å². The van der Waals surface area contributed by atoms with Gasteiger partial charge in [0.25, 0.3) is 0 Å². The zero-order valence-corrected chi connectivity index (χ0v) is 62.1. The fraction of sp³-hybridized carbons (Fsp3) is 0.625. The largest absolute Gasteiger partial charge is 0.414 e. The van der Waals surface area contributed by atoms with Gasteiger partial charge in [0.15, 0.2) is 39.1 Å². The Morgan fingerprint density at radius 2 is 0.721 bits per heavy atom. The summed E-state index contributed by atoms with van der Waals surface area (Å²) in [5.74, 6) is 0.0482. The molecule has 0 aliphatic rings. The highest BCUT2D eigenvalue weighted by Crippen LogP contribution is 2.42. The molecule has 0 fully saturated rings. The number of carbonyl (C=O) groups excluding carboxylic acids is 3. The first-order valence-electron chi connectivity index (χ1n) is 32.1. The third kappa shape index (κ3) is 25.6. The molecule has 10 nitrogen and oxygen atoms in total. The summed E-state index contributed by atoms with van der Waals surface area (Å²) < 4.78 is 27.0. The number of aryl methyl sites for hydroxylation is 4. The number of carbonyl (C=O) groups is 3. The highest BCUT2D eigenvalue weighted by atomic mass is 28.4. The van der Waals surface area contributed by atoms with E-state index < -0.39 is 50.5 Å². The van der Waals surface area contributed by atoms with E-state index in [9.17, 15) is 19.5 Å². The molecule has 4 rings (SSSR count). The molecule has 0 aromatic heterocycles. The molecule has 0 bridgehead atoms. The van der Waals surface area contributed by atoms with Crippen LogP contribution in [0.1, 0.15) is 193 Å². The second-order valence-corrected chi connectivity index (χ2v) is 50.2. The van der Waals surface area contributed by atoms with Crippen LogP contribution in [0.4, 0.5) is 0 Å². The van der Waals surface area contributed by atoms with E-state index >= 15 is 0 Å². The number of aliphatic hydroxyl groups excluding tert-OH is 1. The van der Waals surface area contributed by atoms with Gasteiger partial charge >= 0.3 is 0 Å². The van der Waals surface area contributed by atoms with Crippen LogP contribution in [-0.4, -0.2) is 93.5 Å². The molecular weight excluding hydrogens is 1130 g/mol. The predicted octanol–water partition coefficient (Wildman–Crippen LogP) is 18.1. The fourth-order valence-electron chi connectivity index (χ4n) is 8.94. The molecule has 86 heavy (non-hydrogen) atoms. The number of unbranched alkanes of at least 4 members (excludes halogenated alkanes) is 2. The number of aliphatic hydroxyl groups is 1. The van der Waals surface area contributed by atoms with Gasteiger partial charge in [0.1, 0.15) is 0 Å². The molecule has 14 heteroatoms. The zero-order chi connectivity index (χ0) is 65.1. The molecule has 482 valence electrons. The lowest BCUT2D eigenvalue weighted by Gasteiger charge is -2.44. The standard InChI is InChI=1S/C36H61NO4Si2.C36H59NO4Si2/c2*1-29(38)37-36(27-40-42(8,9)34(2,3)4,28-41-43(10,11)35(5,6)7)26-25-31-21-23-32(24-22-31)33(39)20-16-15-19-30-17-13-12-14-18-30/h12-14,17-18,21-24,33,39H,15-16,19-20,25-28H2,1-11H3,(H,37,38);12-14,17-18,21-24H,15-16,19-20,25-28H2,1-11H3,(H,37,38). The summed E-state index contributed by atoms with van der Waals surface area (Å²) in [4.78, 5) is 38.0. The van der Waals surface area contributed by atoms with E-state index in [1.807, 2.05) is 24.3 Å². The van der Waals surface area contributed by atoms with Gasteiger partial charge in [-0.25, -0.2) is 0 Å². The SMILES string of the molecule is CC(=O)NC(CCc1ccc(C(=O)CCCCc2ccccc2)cc1)(CO[Si](C)(C)C(C)(C)C)CO[Si](C)(C)C(C)(C)C.CC(=O)NC(CCc1ccc(C(O)CCCCc2ccccc2)cc1)(CO[Si](C)(C)C(C)(C)C)CO[Si](C)(C)C(C)(C)C. The van der Waals surface area contributed by atoms with Crippen molar-refractivity contribution in [2.45, 2.75) is 264 Å². The number of ketones is 1. The Hall–Kier alpha value is -3.84. The first-order chi connectivity index (χ1) is 39.5. The maximum Gasteiger partial charge on any atom is 0.217 e. The Bertz CT molecular complexity index is 2590. The smallest absolute Gasteiger partial charge is 0.217 e. The van der Waals surface area contributed by atoms with Gasteiger partial charge in [-0.05, 0) is 165 Å². The molecule has 0 radical (unpaired) electrons. The average molecular weight is 1250 g/mol. The van der Waals surface area contributed by atoms with Crippen LogP contribution in [0.15, 0.2) is 109 Å². The van der Waals surface area contributed by atoms with E-state index in [0.717, 1.165) is 74.5 Å². The van der Waals surface area contributed by atoms with E-state index in [4.69, 9.17) is 17.7 Å². The molecule has 4 aromatic rings. The van der Waals surface area contributed by atoms with Gasteiger partial charge < -0.3 is 33.4 Å². The van der Waals surface area contributed by atoms with Crippen molar-refractivity contribution >= 4 is 50.9 Å². The molecule has 1 atom stereocenters. The number of hydrogen-bond donors (Lipinski definition) is 3. The monoisotopic (exact) mass is 1250 g/mol. The molecule has 0 heterocycles. The van der Waals surface area contributed by atoms with Crippen molar-refractivity contribution in [3.8, 4) is 0 Å². The van der Waals surface area contributed by atoms with Gasteiger partial charge in [0.2, 0.25) is 11.8 Å². The van der Waals surface area contributed by atoms with Crippen LogP contribution in [0, 0.1) is 0 Å². The highest BCUT2D eigenvalue weighted by molar-refractivity contribution is 6.75. The molecule has 0 saturated carbocycles. The summed E-state index contributed by atoms with van der Waals surface area (Å²) in [6, 6.07) is 37.3. The van der Waals surface area contributed by atoms with Crippen molar-refractivity contribution in [2.24, 2.45) is 0 Å². The molecule has 3 N–H and O–H groups in total. The summed E-state index contributed by atoms with van der Waals surface area (Å²) in [6.07, 6.45) is 9.76. The molecule has 0 spiro atoms. The zero-order valence-electron chi connectivity index (χ0n) is 58.1. The first-order valence-corrected chi connectivity index (χ1v) is 43.8. The van der Waals surface area contributed by atoms with Crippen molar-refractivity contribution < 1.29 is 37.2 Å². The molecule has 0 saturated heterocycles. The van der Waals surface area contributed by atoms with Gasteiger partial charge in [-0.3, -0.25) is 14.4 Å². The van der Waals surface area contributed by atoms with Gasteiger partial charge in [0.05, 0.1) is 43.6 Å². The lowest BCUT2D eigenvalue weighted by Crippen LogP contribution is -2.59. The van der Waals surface area contributed by atoms with Crippen LogP contribution in [0.3, 0.4) is 0 Å². The highest BCUT2D eigenvalue weighted by Gasteiger charge is 2.46. The summed E-state index contributed by atoms with van der Waals surface area (Å²) >= 11 is 0. The number of hydrogen-bond acceptors (Lipinski definition) is 8. The lowest BCUT2D eigenvalue weighted by atomic mass is 9.92. The van der Waals surface area contributed by atoms with Crippen LogP contribution < -0.4 is 10.6 Å². The van der Waals surface area contributed by atoms with Crippen LogP contribution in [0.2, 0.25) is 72.5 Å². The van der Waals surface area contributed by atoms with E-state index in [2.05, 4.69) is 231 Å². The van der Waals surface area contributed by atoms with Crippen molar-refractivity contribution in [3.05, 3.63) is 143 Å². The predicted molar refractivity (Wildman–Crippen MR) is 373 cm³/mol. The van der Waals surface area contributed by atoms with Crippen LogP contribution in [0.5, 0.6) is 0 Å². The Morgan fingerprint density at radius 1 is 0.419 bits per heavy atom. The number of nitrogens with one attached hydrogen (secondary N) is 2. The lowest BCUT2D eigenvalue weighted by molar-refractivity contribution is -0.123. The molecule has 2 amide bonds. The molecule has 0 aliphatic heterocycles. The maximum absolute atomic E-state index is 12.9. The summed E-state index contributed by atoms with van der Waals surface area (Å²) in [5, 5.41) is 17.6. The van der Waals surface area contributed by atoms with Gasteiger partial charge in [-0.1, -0.05) is 199 Å². The van der Waals surface area contributed by atoms with Crippen molar-refractivity contribution in [2.75, 3.05) is 26.4 Å². The van der Waals surface area contributed by atoms with E-state index in [0.29, 0.717) is 45.7 Å². The fourth-order valence-corrected chi connectivity index (χ4v) is 13.2. The normalized spacial score (nSPS) is 13.6. The Labute approximate surface area is 528 Å². The van der Waals surface area contributed by atoms with Crippen molar-refractivity contribution in [3.63, 3.8) is 0 Å². The molecule has 1 unspecified atom stereocenters. The quantitative estimate of drug-likeness (QED) is 0.0250. The third-order valence-corrected chi connectivity index (χ3v) is 37.3. The van der Waals surface area contributed by atoms with E-state index in [-0.39, 0.29) is 37.8 Å². The second-order valence-electron chi connectivity index (χ2n) is 30.9. The maximum atomic E-state index is 12.9.